The van der Waals surface area contributed by atoms with Crippen LogP contribution in [0.4, 0.5) is 0 Å². The molecule has 1 aliphatic rings. The summed E-state index contributed by atoms with van der Waals surface area (Å²) in [6.07, 6.45) is 8.05. The lowest BCUT2D eigenvalue weighted by Crippen LogP contribution is -2.07. The molecule has 2 nitrogen and oxygen atoms in total. The van der Waals surface area contributed by atoms with Gasteiger partial charge in [-0.15, -0.1) is 0 Å². The van der Waals surface area contributed by atoms with Crippen molar-refractivity contribution in [3.8, 4) is 0 Å². The molecule has 0 aliphatic heterocycles. The van der Waals surface area contributed by atoms with Gasteiger partial charge in [0.25, 0.3) is 0 Å². The molecular weight excluding hydrogens is 176 g/mol. The summed E-state index contributed by atoms with van der Waals surface area (Å²) in [5, 5.41) is 0. The summed E-state index contributed by atoms with van der Waals surface area (Å²) in [4.78, 5) is 11.1. The van der Waals surface area contributed by atoms with Crippen molar-refractivity contribution in [2.45, 2.75) is 19.3 Å². The van der Waals surface area contributed by atoms with Crippen LogP contribution in [0.3, 0.4) is 0 Å². The van der Waals surface area contributed by atoms with Crippen molar-refractivity contribution in [2.75, 3.05) is 6.61 Å². The molecule has 0 aromatic rings. The molecule has 0 aromatic heterocycles. The van der Waals surface area contributed by atoms with Crippen LogP contribution >= 0.6 is 0 Å². The first-order valence-electron chi connectivity index (χ1n) is 4.88. The minimum absolute atomic E-state index is 0.0491. The van der Waals surface area contributed by atoms with E-state index in [-0.39, 0.29) is 11.9 Å². The second-order valence-electron chi connectivity index (χ2n) is 3.37. The van der Waals surface area contributed by atoms with Crippen LogP contribution in [0.2, 0.25) is 0 Å². The molecule has 14 heavy (non-hydrogen) atoms. The number of allylic oxidation sites excluding steroid dienone is 3. The molecule has 1 saturated carbocycles. The van der Waals surface area contributed by atoms with Gasteiger partial charge in [0, 0.05) is 6.42 Å². The van der Waals surface area contributed by atoms with Crippen molar-refractivity contribution < 1.29 is 9.53 Å². The first-order chi connectivity index (χ1) is 6.77. The largest absolute Gasteiger partial charge is 0.465 e. The predicted octanol–water partition coefficient (Wildman–Crippen LogP) is 2.63. The zero-order chi connectivity index (χ0) is 10.4. The fraction of sp³-hybridized carbons (Fsp3) is 0.417. The number of rotatable bonds is 6. The van der Waals surface area contributed by atoms with E-state index in [9.17, 15) is 4.79 Å². The van der Waals surface area contributed by atoms with Gasteiger partial charge in [-0.3, -0.25) is 4.79 Å². The molecular formula is C12H16O2. The molecule has 1 aliphatic carbocycles. The van der Waals surface area contributed by atoms with E-state index in [4.69, 9.17) is 4.74 Å². The van der Waals surface area contributed by atoms with E-state index in [1.807, 2.05) is 6.08 Å². The highest BCUT2D eigenvalue weighted by Crippen LogP contribution is 2.30. The number of ether oxygens (including phenoxy) is 1. The van der Waals surface area contributed by atoms with E-state index in [1.54, 1.807) is 12.2 Å². The molecule has 1 fully saturated rings. The van der Waals surface area contributed by atoms with Gasteiger partial charge in [0.1, 0.15) is 0 Å². The van der Waals surface area contributed by atoms with Gasteiger partial charge in [-0.1, -0.05) is 31.4 Å². The van der Waals surface area contributed by atoms with Crippen molar-refractivity contribution >= 4 is 5.97 Å². The third kappa shape index (κ3) is 3.60. The Morgan fingerprint density at radius 2 is 2.14 bits per heavy atom. The van der Waals surface area contributed by atoms with Gasteiger partial charge in [-0.2, -0.15) is 0 Å². The summed E-state index contributed by atoms with van der Waals surface area (Å²) in [5.74, 6) is 0.137. The van der Waals surface area contributed by atoms with Crippen molar-refractivity contribution in [3.05, 3.63) is 37.0 Å². The summed E-state index contributed by atoms with van der Waals surface area (Å²) in [6, 6.07) is 0. The van der Waals surface area contributed by atoms with Crippen LogP contribution in [0.1, 0.15) is 19.3 Å². The number of hydrogen-bond donors (Lipinski definition) is 0. The van der Waals surface area contributed by atoms with Crippen LogP contribution in [0.5, 0.6) is 0 Å². The van der Waals surface area contributed by atoms with E-state index in [0.29, 0.717) is 13.0 Å². The highest BCUT2D eigenvalue weighted by Gasteiger charge is 2.30. The molecule has 0 unspecified atom stereocenters. The second kappa shape index (κ2) is 5.43. The molecule has 0 spiro atoms. The minimum Gasteiger partial charge on any atom is -0.465 e. The van der Waals surface area contributed by atoms with Crippen molar-refractivity contribution in [1.82, 2.24) is 0 Å². The molecule has 0 aromatic carbocycles. The summed E-state index contributed by atoms with van der Waals surface area (Å²) in [6.45, 7) is 7.71. The number of carbonyl (C=O) groups excluding carboxylic acids is 1. The van der Waals surface area contributed by atoms with Crippen molar-refractivity contribution in [3.63, 3.8) is 0 Å². The fourth-order valence-electron chi connectivity index (χ4n) is 1.11. The molecule has 76 valence electrons. The summed E-state index contributed by atoms with van der Waals surface area (Å²) >= 11 is 0. The molecule has 0 saturated heterocycles. The monoisotopic (exact) mass is 192 g/mol. The van der Waals surface area contributed by atoms with E-state index >= 15 is 0 Å². The molecule has 0 radical (unpaired) electrons. The van der Waals surface area contributed by atoms with Crippen LogP contribution in [0.25, 0.3) is 0 Å². The van der Waals surface area contributed by atoms with Crippen LogP contribution in [0.15, 0.2) is 37.0 Å². The summed E-state index contributed by atoms with van der Waals surface area (Å²) in [5.41, 5.74) is 1.04. The Bertz CT molecular complexity index is 259. The minimum atomic E-state index is -0.0491. The Morgan fingerprint density at radius 1 is 1.43 bits per heavy atom. The lowest BCUT2D eigenvalue weighted by Gasteiger charge is -2.03. The average molecular weight is 192 g/mol. The fourth-order valence-corrected chi connectivity index (χ4v) is 1.11. The summed E-state index contributed by atoms with van der Waals surface area (Å²) < 4.78 is 5.08. The van der Waals surface area contributed by atoms with Gasteiger partial charge in [0.05, 0.1) is 12.5 Å². The maximum Gasteiger partial charge on any atom is 0.308 e. The Hall–Kier alpha value is -1.31. The Balaban J connectivity index is 2.18. The zero-order valence-electron chi connectivity index (χ0n) is 8.37. The van der Waals surface area contributed by atoms with Crippen molar-refractivity contribution in [2.24, 2.45) is 5.92 Å². The number of hydrogen-bond acceptors (Lipinski definition) is 2. The van der Waals surface area contributed by atoms with Gasteiger partial charge < -0.3 is 4.74 Å². The van der Waals surface area contributed by atoms with E-state index in [1.165, 1.54) is 0 Å². The van der Waals surface area contributed by atoms with Crippen LogP contribution in [-0.4, -0.2) is 12.6 Å². The Morgan fingerprint density at radius 3 is 2.64 bits per heavy atom. The van der Waals surface area contributed by atoms with E-state index in [2.05, 4.69) is 13.2 Å². The Kier molecular flexibility index (Phi) is 4.17. The normalized spacial score (nSPS) is 16.1. The molecule has 1 rings (SSSR count). The van der Waals surface area contributed by atoms with Gasteiger partial charge in [0.15, 0.2) is 0 Å². The smallest absolute Gasteiger partial charge is 0.308 e. The first-order valence-corrected chi connectivity index (χ1v) is 4.88. The van der Waals surface area contributed by atoms with Gasteiger partial charge >= 0.3 is 5.97 Å². The van der Waals surface area contributed by atoms with Gasteiger partial charge in [-0.05, 0) is 18.4 Å². The lowest BCUT2D eigenvalue weighted by atomic mass is 10.2. The molecule has 2 heteroatoms. The van der Waals surface area contributed by atoms with E-state index < -0.39 is 0 Å². The number of esters is 1. The zero-order valence-corrected chi connectivity index (χ0v) is 8.37. The highest BCUT2D eigenvalue weighted by atomic mass is 16.5. The van der Waals surface area contributed by atoms with Crippen LogP contribution < -0.4 is 0 Å². The maximum atomic E-state index is 11.1. The molecule has 0 heterocycles. The van der Waals surface area contributed by atoms with E-state index in [0.717, 1.165) is 18.4 Å². The topological polar surface area (TPSA) is 26.3 Å². The first kappa shape index (κ1) is 10.8. The van der Waals surface area contributed by atoms with Crippen LogP contribution in [-0.2, 0) is 9.53 Å². The summed E-state index contributed by atoms with van der Waals surface area (Å²) in [7, 11) is 0. The van der Waals surface area contributed by atoms with Gasteiger partial charge in [0.2, 0.25) is 0 Å². The SMILES string of the molecule is C=C/C=C(\C=C)CCOC(=O)C1CC1. The maximum absolute atomic E-state index is 11.1. The number of carbonyl (C=O) groups is 1. The molecule has 0 amide bonds. The average Bonchev–Trinajstić information content (AvgIpc) is 2.99. The third-order valence-electron chi connectivity index (χ3n) is 2.14. The highest BCUT2D eigenvalue weighted by molar-refractivity contribution is 5.74. The second-order valence-corrected chi connectivity index (χ2v) is 3.37. The predicted molar refractivity (Wildman–Crippen MR) is 56.8 cm³/mol. The molecule has 0 N–H and O–H groups in total. The Labute approximate surface area is 85.0 Å². The molecule has 0 atom stereocenters. The van der Waals surface area contributed by atoms with Gasteiger partial charge in [-0.25, -0.2) is 0 Å². The standard InChI is InChI=1S/C12H16O2/c1-3-5-10(4-2)8-9-14-12(13)11-6-7-11/h3-5,11H,1-2,6-9H2/b10-5+. The molecule has 0 bridgehead atoms. The lowest BCUT2D eigenvalue weighted by molar-refractivity contribution is -0.145. The van der Waals surface area contributed by atoms with Crippen LogP contribution in [0, 0.1) is 5.92 Å². The van der Waals surface area contributed by atoms with Crippen molar-refractivity contribution in [1.29, 1.82) is 0 Å². The quantitative estimate of drug-likeness (QED) is 0.477. The third-order valence-corrected chi connectivity index (χ3v) is 2.14.